The molecule has 0 fully saturated rings. The van der Waals surface area contributed by atoms with Crippen LogP contribution < -0.4 is 5.32 Å². The number of benzene rings is 2. The molecule has 20 heavy (non-hydrogen) atoms. The second kappa shape index (κ2) is 5.06. The van der Waals surface area contributed by atoms with Gasteiger partial charge in [0.1, 0.15) is 5.75 Å². The Morgan fingerprint density at radius 1 is 0.900 bits per heavy atom. The Bertz CT molecular complexity index is 640. The Balaban J connectivity index is 2.14. The molecule has 2 aromatic carbocycles. The first kappa shape index (κ1) is 12.8. The summed E-state index contributed by atoms with van der Waals surface area (Å²) in [5.74, 6) is -0.00679. The van der Waals surface area contributed by atoms with E-state index in [4.69, 9.17) is 0 Å². The largest absolute Gasteiger partial charge is 0.508 e. The van der Waals surface area contributed by atoms with Crippen LogP contribution >= 0.6 is 0 Å². The Hall–Kier alpha value is -2.20. The molecule has 0 aliphatic carbocycles. The fraction of sp³-hybridized carbons (Fsp3) is 0.250. The zero-order chi connectivity index (χ0) is 14.1. The average molecular weight is 271 g/mol. The third-order valence-electron chi connectivity index (χ3n) is 3.84. The van der Waals surface area contributed by atoms with E-state index in [1.54, 1.807) is 24.3 Å². The molecule has 104 valence electrons. The molecule has 4 nitrogen and oxygen atoms in total. The maximum atomic E-state index is 10.1. The van der Waals surface area contributed by atoms with E-state index in [-0.39, 0.29) is 23.2 Å². The molecule has 0 saturated heterocycles. The fourth-order valence-corrected chi connectivity index (χ4v) is 2.82. The van der Waals surface area contributed by atoms with Crippen molar-refractivity contribution in [2.75, 3.05) is 13.1 Å². The molecule has 0 radical (unpaired) electrons. The van der Waals surface area contributed by atoms with Crippen molar-refractivity contribution in [3.63, 3.8) is 0 Å². The first-order chi connectivity index (χ1) is 9.66. The summed E-state index contributed by atoms with van der Waals surface area (Å²) in [4.78, 5) is 0. The van der Waals surface area contributed by atoms with Crippen LogP contribution in [0.5, 0.6) is 17.2 Å². The van der Waals surface area contributed by atoms with E-state index >= 15 is 0 Å². The highest BCUT2D eigenvalue weighted by Gasteiger charge is 2.23. The maximum absolute atomic E-state index is 10.1. The van der Waals surface area contributed by atoms with Crippen LogP contribution in [0, 0.1) is 0 Å². The minimum atomic E-state index is -0.119. The highest BCUT2D eigenvalue weighted by molar-refractivity contribution is 5.52. The number of hydrogen-bond donors (Lipinski definition) is 4. The van der Waals surface area contributed by atoms with E-state index in [2.05, 4.69) is 5.32 Å². The molecule has 0 saturated carbocycles. The number of nitrogens with one attached hydrogen (secondary N) is 1. The number of phenols is 3. The van der Waals surface area contributed by atoms with Gasteiger partial charge >= 0.3 is 0 Å². The van der Waals surface area contributed by atoms with Gasteiger partial charge in [-0.3, -0.25) is 0 Å². The molecule has 0 bridgehead atoms. The number of aromatic hydroxyl groups is 3. The van der Waals surface area contributed by atoms with Gasteiger partial charge in [-0.25, -0.2) is 0 Å². The van der Waals surface area contributed by atoms with Gasteiger partial charge in [-0.2, -0.15) is 0 Å². The van der Waals surface area contributed by atoms with Crippen molar-refractivity contribution in [3.05, 3.63) is 53.1 Å². The summed E-state index contributed by atoms with van der Waals surface area (Å²) in [6, 6.07) is 10.5. The Morgan fingerprint density at radius 2 is 1.65 bits per heavy atom. The number of rotatable bonds is 1. The van der Waals surface area contributed by atoms with E-state index in [9.17, 15) is 15.3 Å². The van der Waals surface area contributed by atoms with Gasteiger partial charge in [-0.05, 0) is 42.3 Å². The normalized spacial score (nSPS) is 18.3. The third-order valence-corrected chi connectivity index (χ3v) is 3.84. The van der Waals surface area contributed by atoms with E-state index < -0.39 is 0 Å². The van der Waals surface area contributed by atoms with Gasteiger partial charge < -0.3 is 20.6 Å². The number of hydrogen-bond acceptors (Lipinski definition) is 4. The lowest BCUT2D eigenvalue weighted by Gasteiger charge is -2.19. The summed E-state index contributed by atoms with van der Waals surface area (Å²) in [6.07, 6.45) is 0.785. The molecule has 1 unspecified atom stereocenters. The molecule has 0 aromatic heterocycles. The second-order valence-electron chi connectivity index (χ2n) is 5.11. The first-order valence-electron chi connectivity index (χ1n) is 6.70. The molecule has 4 heteroatoms. The lowest BCUT2D eigenvalue weighted by Crippen LogP contribution is -2.20. The number of fused-ring (bicyclic) bond motifs is 1. The van der Waals surface area contributed by atoms with Crippen molar-refractivity contribution in [3.8, 4) is 17.2 Å². The minimum Gasteiger partial charge on any atom is -0.508 e. The third kappa shape index (κ3) is 2.18. The Kier molecular flexibility index (Phi) is 3.24. The zero-order valence-corrected chi connectivity index (χ0v) is 11.0. The molecule has 0 spiro atoms. The van der Waals surface area contributed by atoms with Crippen LogP contribution in [0.1, 0.15) is 22.6 Å². The van der Waals surface area contributed by atoms with E-state index in [1.807, 2.05) is 12.1 Å². The van der Waals surface area contributed by atoms with Crippen molar-refractivity contribution in [2.24, 2.45) is 0 Å². The van der Waals surface area contributed by atoms with Crippen molar-refractivity contribution in [1.29, 1.82) is 0 Å². The quantitative estimate of drug-likeness (QED) is 0.599. The Labute approximate surface area is 117 Å². The molecule has 2 aromatic rings. The highest BCUT2D eigenvalue weighted by Crippen LogP contribution is 2.38. The van der Waals surface area contributed by atoms with Gasteiger partial charge in [0, 0.05) is 18.0 Å². The molecule has 1 heterocycles. The molecular weight excluding hydrogens is 254 g/mol. The summed E-state index contributed by atoms with van der Waals surface area (Å²) >= 11 is 0. The standard InChI is InChI=1S/C16H17NO3/c18-14-4-2-1-3-11(14)13-9-17-6-5-10-7-15(19)16(20)8-12(10)13/h1-4,7-8,13,17-20H,5-6,9H2. The van der Waals surface area contributed by atoms with Gasteiger partial charge in [0.05, 0.1) is 0 Å². The zero-order valence-electron chi connectivity index (χ0n) is 11.0. The lowest BCUT2D eigenvalue weighted by atomic mass is 9.87. The summed E-state index contributed by atoms with van der Waals surface area (Å²) in [6.45, 7) is 1.50. The summed E-state index contributed by atoms with van der Waals surface area (Å²) in [5, 5.41) is 32.8. The van der Waals surface area contributed by atoms with Gasteiger partial charge in [-0.15, -0.1) is 0 Å². The van der Waals surface area contributed by atoms with E-state index in [1.165, 1.54) is 0 Å². The van der Waals surface area contributed by atoms with Crippen LogP contribution in [0.2, 0.25) is 0 Å². The number of para-hydroxylation sites is 1. The topological polar surface area (TPSA) is 72.7 Å². The van der Waals surface area contributed by atoms with Crippen LogP contribution in [-0.2, 0) is 6.42 Å². The molecule has 1 atom stereocenters. The summed E-state index contributed by atoms with van der Waals surface area (Å²) in [5.41, 5.74) is 2.78. The highest BCUT2D eigenvalue weighted by atomic mass is 16.3. The predicted molar refractivity (Wildman–Crippen MR) is 76.3 cm³/mol. The SMILES string of the molecule is Oc1cc2c(cc1O)C(c1ccccc1O)CNCC2. The first-order valence-corrected chi connectivity index (χ1v) is 6.70. The molecule has 1 aliphatic heterocycles. The smallest absolute Gasteiger partial charge is 0.157 e. The van der Waals surface area contributed by atoms with E-state index in [0.717, 1.165) is 29.7 Å². The van der Waals surface area contributed by atoms with Gasteiger partial charge in [0.2, 0.25) is 0 Å². The van der Waals surface area contributed by atoms with E-state index in [0.29, 0.717) is 6.54 Å². The lowest BCUT2D eigenvalue weighted by molar-refractivity contribution is 0.402. The van der Waals surface area contributed by atoms with Crippen molar-refractivity contribution in [1.82, 2.24) is 5.32 Å². The molecule has 4 N–H and O–H groups in total. The van der Waals surface area contributed by atoms with Crippen molar-refractivity contribution in [2.45, 2.75) is 12.3 Å². The molecule has 3 rings (SSSR count). The summed E-state index contributed by atoms with van der Waals surface area (Å²) in [7, 11) is 0. The van der Waals surface area contributed by atoms with Crippen LogP contribution in [-0.4, -0.2) is 28.4 Å². The van der Waals surface area contributed by atoms with Crippen LogP contribution in [0.3, 0.4) is 0 Å². The van der Waals surface area contributed by atoms with Gasteiger partial charge in [0.25, 0.3) is 0 Å². The van der Waals surface area contributed by atoms with Crippen molar-refractivity contribution < 1.29 is 15.3 Å². The second-order valence-corrected chi connectivity index (χ2v) is 5.11. The number of phenolic OH excluding ortho intramolecular Hbond substituents is 3. The molecular formula is C16H17NO3. The van der Waals surface area contributed by atoms with Crippen molar-refractivity contribution >= 4 is 0 Å². The van der Waals surface area contributed by atoms with Gasteiger partial charge in [0.15, 0.2) is 11.5 Å². The predicted octanol–water partition coefficient (Wildman–Crippen LogP) is 2.08. The fourth-order valence-electron chi connectivity index (χ4n) is 2.82. The average Bonchev–Trinajstić information content (AvgIpc) is 2.63. The summed E-state index contributed by atoms with van der Waals surface area (Å²) < 4.78 is 0. The Morgan fingerprint density at radius 3 is 2.45 bits per heavy atom. The maximum Gasteiger partial charge on any atom is 0.157 e. The minimum absolute atomic E-state index is 0.0415. The van der Waals surface area contributed by atoms with Crippen LogP contribution in [0.15, 0.2) is 36.4 Å². The molecule has 1 aliphatic rings. The van der Waals surface area contributed by atoms with Crippen LogP contribution in [0.4, 0.5) is 0 Å². The van der Waals surface area contributed by atoms with Gasteiger partial charge in [-0.1, -0.05) is 18.2 Å². The molecule has 0 amide bonds. The monoisotopic (exact) mass is 271 g/mol. The van der Waals surface area contributed by atoms with Crippen LogP contribution in [0.25, 0.3) is 0 Å².